The molecule has 0 aromatic carbocycles. The van der Waals surface area contributed by atoms with Crippen molar-refractivity contribution < 1.29 is 0 Å². The van der Waals surface area contributed by atoms with E-state index in [0.717, 1.165) is 18.7 Å². The summed E-state index contributed by atoms with van der Waals surface area (Å²) in [6, 6.07) is 0.301. The number of nitrogens with one attached hydrogen (secondary N) is 1. The molecule has 2 unspecified atom stereocenters. The van der Waals surface area contributed by atoms with Crippen molar-refractivity contribution in [3.63, 3.8) is 0 Å². The molecule has 1 N–H and O–H groups in total. The van der Waals surface area contributed by atoms with Gasteiger partial charge in [-0.2, -0.15) is 5.10 Å². The summed E-state index contributed by atoms with van der Waals surface area (Å²) in [5.74, 6) is 0.540. The number of halogens is 1. The average molecular weight is 345 g/mol. The number of anilines is 1. The molecule has 114 valence electrons. The van der Waals surface area contributed by atoms with E-state index < -0.39 is 0 Å². The van der Waals surface area contributed by atoms with Crippen molar-refractivity contribution in [3.8, 4) is 0 Å². The van der Waals surface area contributed by atoms with Crippen molar-refractivity contribution in [1.82, 2.24) is 14.7 Å². The van der Waals surface area contributed by atoms with Gasteiger partial charge in [0, 0.05) is 12.6 Å². The molecule has 1 aromatic heterocycles. The Morgan fingerprint density at radius 1 is 1.45 bits per heavy atom. The maximum atomic E-state index is 12.2. The molecule has 0 aliphatic rings. The highest BCUT2D eigenvalue weighted by Gasteiger charge is 2.14. The number of rotatable bonds is 7. The first-order valence-corrected chi connectivity index (χ1v) is 7.83. The molecule has 0 aliphatic carbocycles. The molecule has 6 heteroatoms. The Morgan fingerprint density at radius 3 is 2.65 bits per heavy atom. The molecule has 0 saturated heterocycles. The van der Waals surface area contributed by atoms with Gasteiger partial charge in [-0.15, -0.1) is 0 Å². The monoisotopic (exact) mass is 344 g/mol. The lowest BCUT2D eigenvalue weighted by Crippen LogP contribution is -2.31. The summed E-state index contributed by atoms with van der Waals surface area (Å²) >= 11 is 3.39. The lowest BCUT2D eigenvalue weighted by molar-refractivity contribution is 0.367. The van der Waals surface area contributed by atoms with E-state index in [1.165, 1.54) is 4.68 Å². The Labute approximate surface area is 129 Å². The van der Waals surface area contributed by atoms with Crippen LogP contribution in [0.25, 0.3) is 0 Å². The van der Waals surface area contributed by atoms with Crippen LogP contribution in [-0.4, -0.2) is 41.4 Å². The zero-order valence-electron chi connectivity index (χ0n) is 13.0. The first-order chi connectivity index (χ1) is 9.36. The van der Waals surface area contributed by atoms with Crippen molar-refractivity contribution >= 4 is 21.6 Å². The highest BCUT2D eigenvalue weighted by molar-refractivity contribution is 9.10. The van der Waals surface area contributed by atoms with Gasteiger partial charge in [-0.3, -0.25) is 4.79 Å². The van der Waals surface area contributed by atoms with Gasteiger partial charge in [-0.25, -0.2) is 4.68 Å². The minimum Gasteiger partial charge on any atom is -0.380 e. The van der Waals surface area contributed by atoms with Crippen molar-refractivity contribution in [3.05, 3.63) is 21.0 Å². The van der Waals surface area contributed by atoms with E-state index in [2.05, 4.69) is 47.1 Å². The van der Waals surface area contributed by atoms with Crippen LogP contribution in [0.1, 0.15) is 27.2 Å². The van der Waals surface area contributed by atoms with Crippen molar-refractivity contribution in [2.24, 2.45) is 5.92 Å². The van der Waals surface area contributed by atoms with Crippen LogP contribution in [0, 0.1) is 5.92 Å². The standard InChI is InChI=1S/C14H25BrN4O/c1-6-10(2)11(3)17-12-9-16-19(8-7-18(4)5)14(20)13(12)15/h9-11,17H,6-8H2,1-5H3. The maximum absolute atomic E-state index is 12.2. The van der Waals surface area contributed by atoms with E-state index in [1.807, 2.05) is 19.0 Å². The van der Waals surface area contributed by atoms with E-state index in [4.69, 9.17) is 0 Å². The van der Waals surface area contributed by atoms with Crippen LogP contribution in [0.4, 0.5) is 5.69 Å². The topological polar surface area (TPSA) is 50.2 Å². The Morgan fingerprint density at radius 2 is 2.10 bits per heavy atom. The van der Waals surface area contributed by atoms with Crippen LogP contribution in [-0.2, 0) is 6.54 Å². The van der Waals surface area contributed by atoms with Gasteiger partial charge < -0.3 is 10.2 Å². The van der Waals surface area contributed by atoms with Gasteiger partial charge in [0.25, 0.3) is 5.56 Å². The molecule has 1 rings (SSSR count). The van der Waals surface area contributed by atoms with Crippen LogP contribution >= 0.6 is 15.9 Å². The third kappa shape index (κ3) is 4.59. The van der Waals surface area contributed by atoms with E-state index >= 15 is 0 Å². The largest absolute Gasteiger partial charge is 0.380 e. The first-order valence-electron chi connectivity index (χ1n) is 7.03. The Bertz CT molecular complexity index is 487. The molecular formula is C14H25BrN4O. The molecule has 0 spiro atoms. The highest BCUT2D eigenvalue weighted by Crippen LogP contribution is 2.20. The van der Waals surface area contributed by atoms with Gasteiger partial charge in [0.2, 0.25) is 0 Å². The summed E-state index contributed by atoms with van der Waals surface area (Å²) in [4.78, 5) is 14.2. The number of aromatic nitrogens is 2. The van der Waals surface area contributed by atoms with Crippen molar-refractivity contribution in [1.29, 1.82) is 0 Å². The zero-order valence-corrected chi connectivity index (χ0v) is 14.6. The van der Waals surface area contributed by atoms with E-state index in [1.54, 1.807) is 6.20 Å². The number of hydrogen-bond acceptors (Lipinski definition) is 4. The van der Waals surface area contributed by atoms with Crippen molar-refractivity contribution in [2.75, 3.05) is 26.0 Å². The fourth-order valence-electron chi connectivity index (χ4n) is 1.76. The highest BCUT2D eigenvalue weighted by atomic mass is 79.9. The van der Waals surface area contributed by atoms with Crippen molar-refractivity contribution in [2.45, 2.75) is 39.8 Å². The second-order valence-corrected chi connectivity index (χ2v) is 6.32. The summed E-state index contributed by atoms with van der Waals surface area (Å²) in [6.45, 7) is 7.85. The zero-order chi connectivity index (χ0) is 15.3. The van der Waals surface area contributed by atoms with Gasteiger partial charge in [0.1, 0.15) is 4.47 Å². The van der Waals surface area contributed by atoms with Crippen LogP contribution in [0.3, 0.4) is 0 Å². The SMILES string of the molecule is CCC(C)C(C)Nc1cnn(CCN(C)C)c(=O)c1Br. The molecule has 0 amide bonds. The predicted molar refractivity (Wildman–Crippen MR) is 87.3 cm³/mol. The van der Waals surface area contributed by atoms with E-state index in [9.17, 15) is 4.79 Å². The number of likely N-dealkylation sites (N-methyl/N-ethyl adjacent to an activating group) is 1. The predicted octanol–water partition coefficient (Wildman–Crippen LogP) is 2.41. The van der Waals surface area contributed by atoms with Gasteiger partial charge >= 0.3 is 0 Å². The lowest BCUT2D eigenvalue weighted by Gasteiger charge is -2.21. The van der Waals surface area contributed by atoms with Crippen LogP contribution < -0.4 is 10.9 Å². The third-order valence-corrected chi connectivity index (χ3v) is 4.39. The number of hydrogen-bond donors (Lipinski definition) is 1. The minimum absolute atomic E-state index is 0.0896. The summed E-state index contributed by atoms with van der Waals surface area (Å²) in [5, 5.41) is 7.59. The van der Waals surface area contributed by atoms with E-state index in [-0.39, 0.29) is 5.56 Å². The summed E-state index contributed by atoms with van der Waals surface area (Å²) in [5.41, 5.74) is 0.678. The molecule has 1 heterocycles. The van der Waals surface area contributed by atoms with Crippen LogP contribution in [0.2, 0.25) is 0 Å². The Kier molecular flexibility index (Phi) is 6.68. The molecule has 0 aliphatic heterocycles. The second-order valence-electron chi connectivity index (χ2n) is 5.52. The molecule has 0 saturated carbocycles. The Balaban J connectivity index is 2.86. The second kappa shape index (κ2) is 7.78. The fourth-order valence-corrected chi connectivity index (χ4v) is 2.18. The van der Waals surface area contributed by atoms with Gasteiger partial charge in [0.15, 0.2) is 0 Å². The molecule has 2 atom stereocenters. The van der Waals surface area contributed by atoms with Crippen LogP contribution in [0.15, 0.2) is 15.5 Å². The molecule has 5 nitrogen and oxygen atoms in total. The normalized spacial score (nSPS) is 14.3. The van der Waals surface area contributed by atoms with Gasteiger partial charge in [0.05, 0.1) is 18.4 Å². The molecular weight excluding hydrogens is 320 g/mol. The molecule has 0 radical (unpaired) electrons. The van der Waals surface area contributed by atoms with Crippen LogP contribution in [0.5, 0.6) is 0 Å². The summed E-state index contributed by atoms with van der Waals surface area (Å²) in [7, 11) is 3.95. The molecule has 0 fully saturated rings. The molecule has 20 heavy (non-hydrogen) atoms. The van der Waals surface area contributed by atoms with Gasteiger partial charge in [-0.1, -0.05) is 20.3 Å². The number of nitrogens with zero attached hydrogens (tertiary/aromatic N) is 3. The lowest BCUT2D eigenvalue weighted by atomic mass is 10.0. The third-order valence-electron chi connectivity index (χ3n) is 3.62. The van der Waals surface area contributed by atoms with E-state index in [0.29, 0.717) is 23.0 Å². The fraction of sp³-hybridized carbons (Fsp3) is 0.714. The minimum atomic E-state index is -0.0896. The summed E-state index contributed by atoms with van der Waals surface area (Å²) < 4.78 is 2.05. The Hall–Kier alpha value is -0.880. The average Bonchev–Trinajstić information content (AvgIpc) is 2.41. The quantitative estimate of drug-likeness (QED) is 0.825. The first kappa shape index (κ1) is 17.2. The molecule has 0 bridgehead atoms. The maximum Gasteiger partial charge on any atom is 0.283 e. The van der Waals surface area contributed by atoms with Gasteiger partial charge in [-0.05, 0) is 42.9 Å². The summed E-state index contributed by atoms with van der Waals surface area (Å²) in [6.07, 6.45) is 2.82. The smallest absolute Gasteiger partial charge is 0.283 e. The molecule has 1 aromatic rings.